The normalized spacial score (nSPS) is 11.8. The van der Waals surface area contributed by atoms with Crippen molar-refractivity contribution in [3.8, 4) is 11.5 Å². The summed E-state index contributed by atoms with van der Waals surface area (Å²) in [6, 6.07) is 38.8. The Balaban J connectivity index is 1.30. The van der Waals surface area contributed by atoms with Gasteiger partial charge in [-0.25, -0.2) is 0 Å². The molecule has 5 aromatic carbocycles. The molecule has 4 amide bonds. The predicted octanol–water partition coefficient (Wildman–Crippen LogP) is 5.57. The van der Waals surface area contributed by atoms with Gasteiger partial charge in [0.1, 0.15) is 23.6 Å². The number of hydrogen-bond donors (Lipinski definition) is 2. The van der Waals surface area contributed by atoms with Crippen LogP contribution in [0.3, 0.4) is 0 Å². The quantitative estimate of drug-likeness (QED) is 0.137. The molecule has 0 heterocycles. The summed E-state index contributed by atoms with van der Waals surface area (Å²) in [7, 11) is 6.50. The lowest BCUT2D eigenvalue weighted by Crippen LogP contribution is -2.49. The topological polar surface area (TPSA) is 117 Å². The van der Waals surface area contributed by atoms with Crippen molar-refractivity contribution in [1.29, 1.82) is 0 Å². The molecule has 0 aliphatic rings. The van der Waals surface area contributed by atoms with Gasteiger partial charge >= 0.3 is 0 Å². The Morgan fingerprint density at radius 1 is 0.500 bits per heavy atom. The smallest absolute Gasteiger partial charge is 0.249 e. The van der Waals surface area contributed by atoms with E-state index in [-0.39, 0.29) is 49.3 Å². The second-order valence-corrected chi connectivity index (χ2v) is 12.9. The van der Waals surface area contributed by atoms with Crippen molar-refractivity contribution in [1.82, 2.24) is 10.6 Å². The van der Waals surface area contributed by atoms with E-state index in [0.29, 0.717) is 34.0 Å². The van der Waals surface area contributed by atoms with Gasteiger partial charge in [-0.15, -0.1) is 0 Å². The molecular weight excluding hydrogens is 681 g/mol. The number of hydrogen-bond acceptors (Lipinski definition) is 6. The summed E-state index contributed by atoms with van der Waals surface area (Å²) in [5.74, 6) is 0.0511. The summed E-state index contributed by atoms with van der Waals surface area (Å²) in [5, 5.41) is 5.93. The molecule has 0 aliphatic heterocycles. The number of benzene rings is 5. The van der Waals surface area contributed by atoms with Crippen LogP contribution in [0, 0.1) is 0 Å². The number of carbonyl (C=O) groups is 4. The van der Waals surface area contributed by atoms with E-state index in [2.05, 4.69) is 10.6 Å². The van der Waals surface area contributed by atoms with Gasteiger partial charge < -0.3 is 29.9 Å². The molecule has 0 spiro atoms. The molecule has 0 radical (unpaired) electrons. The molecule has 2 N–H and O–H groups in total. The van der Waals surface area contributed by atoms with E-state index in [1.165, 1.54) is 9.80 Å². The molecule has 5 aromatic rings. The average Bonchev–Trinajstić information content (AvgIpc) is 3.20. The fourth-order valence-electron chi connectivity index (χ4n) is 6.17. The van der Waals surface area contributed by atoms with Crippen molar-refractivity contribution < 1.29 is 28.7 Å². The van der Waals surface area contributed by atoms with E-state index in [1.807, 2.05) is 60.7 Å². The van der Waals surface area contributed by atoms with E-state index < -0.39 is 12.1 Å². The second kappa shape index (κ2) is 18.9. The Bertz CT molecular complexity index is 1860. The molecule has 10 nitrogen and oxygen atoms in total. The number of amides is 4. The minimum absolute atomic E-state index is 0.0547. The van der Waals surface area contributed by atoms with Gasteiger partial charge in [-0.3, -0.25) is 19.2 Å². The summed E-state index contributed by atoms with van der Waals surface area (Å²) in [5.41, 5.74) is 4.39. The highest BCUT2D eigenvalue weighted by atomic mass is 16.5. The van der Waals surface area contributed by atoms with Crippen LogP contribution in [0.5, 0.6) is 11.5 Å². The van der Waals surface area contributed by atoms with Crippen molar-refractivity contribution >= 4 is 35.0 Å². The van der Waals surface area contributed by atoms with Crippen molar-refractivity contribution in [3.63, 3.8) is 0 Å². The van der Waals surface area contributed by atoms with Crippen LogP contribution in [0.25, 0.3) is 0 Å². The van der Waals surface area contributed by atoms with Crippen LogP contribution in [0.2, 0.25) is 0 Å². The molecular formula is C44H46N4O6. The number of rotatable bonds is 16. The fraction of sp³-hybridized carbons (Fsp3) is 0.227. The van der Waals surface area contributed by atoms with Crippen LogP contribution in [0.1, 0.15) is 22.3 Å². The number of anilines is 2. The maximum absolute atomic E-state index is 13.8. The largest absolute Gasteiger partial charge is 0.497 e. The van der Waals surface area contributed by atoms with Crippen LogP contribution in [-0.2, 0) is 44.9 Å². The first-order valence-corrected chi connectivity index (χ1v) is 17.7. The number of likely N-dealkylation sites (N-methyl/N-ethyl adjacent to an activating group) is 2. The fourth-order valence-corrected chi connectivity index (χ4v) is 6.17. The third kappa shape index (κ3) is 10.6. The highest BCUT2D eigenvalue weighted by Gasteiger charge is 2.28. The lowest BCUT2D eigenvalue weighted by molar-refractivity contribution is -0.127. The van der Waals surface area contributed by atoms with Crippen molar-refractivity contribution in [2.45, 2.75) is 37.8 Å². The minimum atomic E-state index is -0.852. The highest BCUT2D eigenvalue weighted by molar-refractivity contribution is 6.00. The van der Waals surface area contributed by atoms with Crippen LogP contribution < -0.4 is 29.9 Å². The van der Waals surface area contributed by atoms with Gasteiger partial charge in [-0.05, 0) is 70.8 Å². The van der Waals surface area contributed by atoms with E-state index in [0.717, 1.165) is 11.1 Å². The molecule has 1 unspecified atom stereocenters. The van der Waals surface area contributed by atoms with Crippen LogP contribution in [0.15, 0.2) is 133 Å². The molecule has 2 atom stereocenters. The molecule has 0 fully saturated rings. The number of methoxy groups -OCH3 is 2. The Labute approximate surface area is 316 Å². The maximum atomic E-state index is 13.8. The summed E-state index contributed by atoms with van der Waals surface area (Å²) in [6.45, 7) is 0. The Hall–Kier alpha value is -6.42. The number of carbonyl (C=O) groups excluding carboxylic acids is 4. The first kappa shape index (κ1) is 38.8. The zero-order valence-corrected chi connectivity index (χ0v) is 31.0. The van der Waals surface area contributed by atoms with Gasteiger partial charge in [-0.1, -0.05) is 84.9 Å². The van der Waals surface area contributed by atoms with Gasteiger partial charge in [0.25, 0.3) is 0 Å². The predicted molar refractivity (Wildman–Crippen MR) is 211 cm³/mol. The Kier molecular flexibility index (Phi) is 13.6. The number of nitrogens with zero attached hydrogens (tertiary/aromatic N) is 2. The van der Waals surface area contributed by atoms with Gasteiger partial charge in [-0.2, -0.15) is 0 Å². The Morgan fingerprint density at radius 2 is 0.833 bits per heavy atom. The summed E-state index contributed by atoms with van der Waals surface area (Å²) in [6.07, 6.45) is 0.469. The standard InChI is InChI=1S/C44H46N4O6/c1-47(35-19-23-37(53-3)24-20-35)43(51)39(27-31-13-7-5-8-14-31)45-41(49)29-33-17-11-12-18-34(33)30-42(50)46-40(28-32-15-9-6-10-16-32)44(52)48(2)36-21-25-38(54-4)26-22-36/h5-26,39-40H,27-30H2,1-4H3,(H,45,49)(H,46,50)/t39-,40?/m0/s1. The molecule has 0 saturated carbocycles. The minimum Gasteiger partial charge on any atom is -0.497 e. The molecule has 0 saturated heterocycles. The monoisotopic (exact) mass is 726 g/mol. The van der Waals surface area contributed by atoms with E-state index in [4.69, 9.17) is 9.47 Å². The van der Waals surface area contributed by atoms with Gasteiger partial charge in [0.15, 0.2) is 0 Å². The van der Waals surface area contributed by atoms with Crippen molar-refractivity contribution in [2.75, 3.05) is 38.1 Å². The summed E-state index contributed by atoms with van der Waals surface area (Å²) in [4.78, 5) is 58.1. The first-order chi connectivity index (χ1) is 26.1. The molecule has 278 valence electrons. The zero-order valence-electron chi connectivity index (χ0n) is 31.0. The average molecular weight is 727 g/mol. The van der Waals surface area contributed by atoms with Crippen molar-refractivity contribution in [3.05, 3.63) is 156 Å². The van der Waals surface area contributed by atoms with Crippen LogP contribution in [0.4, 0.5) is 11.4 Å². The van der Waals surface area contributed by atoms with Gasteiger partial charge in [0, 0.05) is 38.3 Å². The van der Waals surface area contributed by atoms with E-state index >= 15 is 0 Å². The molecule has 54 heavy (non-hydrogen) atoms. The SMILES string of the molecule is COc1ccc(N(C)C(=O)C(Cc2ccccc2)NC(=O)Cc2ccccc2CC(=O)N[C@@H](Cc2ccccc2)C(=O)N(C)c2ccc(OC)cc2)cc1. The summed E-state index contributed by atoms with van der Waals surface area (Å²) < 4.78 is 10.5. The third-order valence-electron chi connectivity index (χ3n) is 9.23. The van der Waals surface area contributed by atoms with Crippen LogP contribution in [-0.4, -0.2) is 64.0 Å². The molecule has 0 aromatic heterocycles. The summed E-state index contributed by atoms with van der Waals surface area (Å²) >= 11 is 0. The second-order valence-electron chi connectivity index (χ2n) is 12.9. The number of ether oxygens (including phenoxy) is 2. The highest BCUT2D eigenvalue weighted by Crippen LogP contribution is 2.21. The first-order valence-electron chi connectivity index (χ1n) is 17.7. The van der Waals surface area contributed by atoms with E-state index in [9.17, 15) is 19.2 Å². The number of nitrogens with one attached hydrogen (secondary N) is 2. The van der Waals surface area contributed by atoms with Crippen molar-refractivity contribution in [2.24, 2.45) is 0 Å². The Morgan fingerprint density at radius 3 is 1.17 bits per heavy atom. The molecule has 10 heteroatoms. The molecule has 5 rings (SSSR count). The molecule has 0 aliphatic carbocycles. The van der Waals surface area contributed by atoms with Gasteiger partial charge in [0.2, 0.25) is 23.6 Å². The van der Waals surface area contributed by atoms with Crippen LogP contribution >= 0.6 is 0 Å². The third-order valence-corrected chi connectivity index (χ3v) is 9.23. The zero-order chi connectivity index (χ0) is 38.5. The maximum Gasteiger partial charge on any atom is 0.249 e. The van der Waals surface area contributed by atoms with Gasteiger partial charge in [0.05, 0.1) is 27.1 Å². The van der Waals surface area contributed by atoms with E-state index in [1.54, 1.807) is 101 Å². The lowest BCUT2D eigenvalue weighted by Gasteiger charge is -2.26. The molecule has 0 bridgehead atoms. The lowest BCUT2D eigenvalue weighted by atomic mass is 9.99.